The zero-order valence-electron chi connectivity index (χ0n) is 12.6. The van der Waals surface area contributed by atoms with Crippen LogP contribution in [0.4, 0.5) is 5.69 Å². The number of rotatable bonds is 3. The van der Waals surface area contributed by atoms with Gasteiger partial charge < -0.3 is 0 Å². The van der Waals surface area contributed by atoms with E-state index in [1.54, 1.807) is 6.08 Å². The summed E-state index contributed by atoms with van der Waals surface area (Å²) in [6, 6.07) is 16.0. The minimum atomic E-state index is 0.0543. The molecule has 0 aliphatic carbocycles. The van der Waals surface area contributed by atoms with Gasteiger partial charge in [-0.1, -0.05) is 69.3 Å². The molecule has 0 saturated carbocycles. The lowest BCUT2D eigenvalue weighted by molar-refractivity contribution is 0.565. The van der Waals surface area contributed by atoms with Crippen LogP contribution < -0.4 is 0 Å². The van der Waals surface area contributed by atoms with Crippen molar-refractivity contribution in [2.75, 3.05) is 0 Å². The summed E-state index contributed by atoms with van der Waals surface area (Å²) in [5.41, 5.74) is 3.94. The van der Waals surface area contributed by atoms with E-state index in [1.807, 2.05) is 54.6 Å². The summed E-state index contributed by atoms with van der Waals surface area (Å²) in [5, 5.41) is 0. The van der Waals surface area contributed by atoms with E-state index in [2.05, 4.69) is 31.8 Å². The standard InChI is InChI=1S/C19H19NO/c1-19(2,3)17-11-12-18(20-14-21)16(13-17)10-9-15-7-5-4-6-8-15/h4-13H,1-3H3. The van der Waals surface area contributed by atoms with E-state index in [4.69, 9.17) is 0 Å². The highest BCUT2D eigenvalue weighted by atomic mass is 16.1. The number of hydrogen-bond donors (Lipinski definition) is 0. The first-order valence-corrected chi connectivity index (χ1v) is 6.96. The molecule has 2 aromatic rings. The largest absolute Gasteiger partial charge is 0.240 e. The summed E-state index contributed by atoms with van der Waals surface area (Å²) >= 11 is 0. The molecule has 0 N–H and O–H groups in total. The summed E-state index contributed by atoms with van der Waals surface area (Å²) in [6.45, 7) is 6.49. The lowest BCUT2D eigenvalue weighted by Gasteiger charge is -2.19. The molecule has 0 heterocycles. The SMILES string of the molecule is CC(C)(C)c1ccc(N=C=O)c(C=Cc2ccccc2)c1. The number of aliphatic imine (C=N–C) groups is 1. The first kappa shape index (κ1) is 15.0. The Bertz CT molecular complexity index is 687. The first-order valence-electron chi connectivity index (χ1n) is 6.96. The van der Waals surface area contributed by atoms with Crippen molar-refractivity contribution in [1.29, 1.82) is 0 Å². The highest BCUT2D eigenvalue weighted by molar-refractivity contribution is 5.76. The quantitative estimate of drug-likeness (QED) is 0.435. The lowest BCUT2D eigenvalue weighted by Crippen LogP contribution is -2.10. The molecule has 21 heavy (non-hydrogen) atoms. The molecule has 2 nitrogen and oxygen atoms in total. The van der Waals surface area contributed by atoms with Crippen LogP contribution in [0.5, 0.6) is 0 Å². The smallest absolute Gasteiger partial charge is 0.211 e. The molecule has 2 heteroatoms. The van der Waals surface area contributed by atoms with Gasteiger partial charge in [0, 0.05) is 5.56 Å². The van der Waals surface area contributed by atoms with Gasteiger partial charge in [0.15, 0.2) is 0 Å². The van der Waals surface area contributed by atoms with E-state index < -0.39 is 0 Å². The van der Waals surface area contributed by atoms with Gasteiger partial charge in [-0.2, -0.15) is 4.99 Å². The van der Waals surface area contributed by atoms with Gasteiger partial charge in [-0.25, -0.2) is 4.79 Å². The molecule has 2 aromatic carbocycles. The zero-order valence-corrected chi connectivity index (χ0v) is 12.6. The lowest BCUT2D eigenvalue weighted by atomic mass is 9.86. The molecule has 0 amide bonds. The second kappa shape index (κ2) is 6.34. The molecule has 2 rings (SSSR count). The third-order valence-electron chi connectivity index (χ3n) is 3.31. The van der Waals surface area contributed by atoms with Crippen LogP contribution >= 0.6 is 0 Å². The molecule has 0 aliphatic heterocycles. The van der Waals surface area contributed by atoms with Crippen molar-refractivity contribution in [3.63, 3.8) is 0 Å². The van der Waals surface area contributed by atoms with Crippen LogP contribution in [0.15, 0.2) is 53.5 Å². The van der Waals surface area contributed by atoms with Crippen LogP contribution in [-0.2, 0) is 10.2 Å². The summed E-state index contributed by atoms with van der Waals surface area (Å²) < 4.78 is 0. The van der Waals surface area contributed by atoms with Crippen molar-refractivity contribution >= 4 is 23.9 Å². The third kappa shape index (κ3) is 4.01. The summed E-state index contributed by atoms with van der Waals surface area (Å²) in [4.78, 5) is 14.4. The van der Waals surface area contributed by atoms with E-state index in [0.29, 0.717) is 5.69 Å². The van der Waals surface area contributed by atoms with E-state index in [0.717, 1.165) is 11.1 Å². The Hall–Kier alpha value is -2.44. The van der Waals surface area contributed by atoms with Gasteiger partial charge in [-0.15, -0.1) is 0 Å². The van der Waals surface area contributed by atoms with Gasteiger partial charge in [0.25, 0.3) is 0 Å². The second-order valence-electron chi connectivity index (χ2n) is 5.97. The Labute approximate surface area is 125 Å². The van der Waals surface area contributed by atoms with E-state index >= 15 is 0 Å². The maximum atomic E-state index is 10.6. The average Bonchev–Trinajstić information content (AvgIpc) is 2.46. The number of benzene rings is 2. The molecule has 0 radical (unpaired) electrons. The van der Waals surface area contributed by atoms with Crippen molar-refractivity contribution in [2.24, 2.45) is 4.99 Å². The minimum absolute atomic E-state index is 0.0543. The molecule has 0 atom stereocenters. The average molecular weight is 277 g/mol. The van der Waals surface area contributed by atoms with Crippen LogP contribution in [0.2, 0.25) is 0 Å². The minimum Gasteiger partial charge on any atom is -0.211 e. The molecule has 0 aliphatic rings. The third-order valence-corrected chi connectivity index (χ3v) is 3.31. The fraction of sp³-hybridized carbons (Fsp3) is 0.211. The molecule has 0 saturated heterocycles. The summed E-state index contributed by atoms with van der Waals surface area (Å²) in [6.07, 6.45) is 5.63. The van der Waals surface area contributed by atoms with Crippen molar-refractivity contribution in [3.05, 3.63) is 65.2 Å². The van der Waals surface area contributed by atoms with Gasteiger partial charge in [-0.05, 0) is 28.7 Å². The van der Waals surface area contributed by atoms with Crippen molar-refractivity contribution in [2.45, 2.75) is 26.2 Å². The highest BCUT2D eigenvalue weighted by Gasteiger charge is 2.14. The Balaban J connectivity index is 2.44. The molecule has 0 aromatic heterocycles. The first-order chi connectivity index (χ1) is 10.0. The maximum Gasteiger partial charge on any atom is 0.240 e. The van der Waals surface area contributed by atoms with Gasteiger partial charge in [-0.3, -0.25) is 0 Å². The highest BCUT2D eigenvalue weighted by Crippen LogP contribution is 2.29. The molecule has 0 fully saturated rings. The maximum absolute atomic E-state index is 10.6. The Morgan fingerprint density at radius 1 is 1.00 bits per heavy atom. The molecule has 0 spiro atoms. The second-order valence-corrected chi connectivity index (χ2v) is 5.97. The molecular weight excluding hydrogens is 258 g/mol. The summed E-state index contributed by atoms with van der Waals surface area (Å²) in [7, 11) is 0. The van der Waals surface area contributed by atoms with Gasteiger partial charge in [0.05, 0.1) is 5.69 Å². The van der Waals surface area contributed by atoms with Crippen LogP contribution in [0.1, 0.15) is 37.5 Å². The van der Waals surface area contributed by atoms with Crippen molar-refractivity contribution in [1.82, 2.24) is 0 Å². The number of carbonyl (C=O) groups excluding carboxylic acids is 1. The predicted molar refractivity (Wildman–Crippen MR) is 88.3 cm³/mol. The van der Waals surface area contributed by atoms with Gasteiger partial charge >= 0.3 is 0 Å². The summed E-state index contributed by atoms with van der Waals surface area (Å²) in [5.74, 6) is 0. The number of isocyanates is 1. The van der Waals surface area contributed by atoms with E-state index in [1.165, 1.54) is 5.56 Å². The van der Waals surface area contributed by atoms with Crippen LogP contribution in [0.25, 0.3) is 12.2 Å². The van der Waals surface area contributed by atoms with Gasteiger partial charge in [0.2, 0.25) is 6.08 Å². The monoisotopic (exact) mass is 277 g/mol. The van der Waals surface area contributed by atoms with Crippen LogP contribution in [-0.4, -0.2) is 6.08 Å². The fourth-order valence-electron chi connectivity index (χ4n) is 2.06. The van der Waals surface area contributed by atoms with Crippen LogP contribution in [0, 0.1) is 0 Å². The number of hydrogen-bond acceptors (Lipinski definition) is 2. The molecule has 0 unspecified atom stereocenters. The topological polar surface area (TPSA) is 29.4 Å². The molecule has 106 valence electrons. The predicted octanol–water partition coefficient (Wildman–Crippen LogP) is 5.12. The number of nitrogens with zero attached hydrogens (tertiary/aromatic N) is 1. The van der Waals surface area contributed by atoms with Gasteiger partial charge in [0.1, 0.15) is 0 Å². The van der Waals surface area contributed by atoms with Crippen molar-refractivity contribution < 1.29 is 4.79 Å². The Kier molecular flexibility index (Phi) is 4.52. The van der Waals surface area contributed by atoms with E-state index in [9.17, 15) is 4.79 Å². The Morgan fingerprint density at radius 3 is 2.33 bits per heavy atom. The van der Waals surface area contributed by atoms with E-state index in [-0.39, 0.29) is 5.41 Å². The van der Waals surface area contributed by atoms with Crippen LogP contribution in [0.3, 0.4) is 0 Å². The fourth-order valence-corrected chi connectivity index (χ4v) is 2.06. The molecular formula is C19H19NO. The normalized spacial score (nSPS) is 11.4. The Morgan fingerprint density at radius 2 is 1.71 bits per heavy atom. The zero-order chi connectivity index (χ0) is 15.3. The molecule has 0 bridgehead atoms. The van der Waals surface area contributed by atoms with Crippen molar-refractivity contribution in [3.8, 4) is 0 Å².